The fraction of sp³-hybridized carbons (Fsp3) is 0.133. The highest BCUT2D eigenvalue weighted by Gasteiger charge is 2.31. The van der Waals surface area contributed by atoms with Crippen molar-refractivity contribution in [3.8, 4) is 0 Å². The van der Waals surface area contributed by atoms with Gasteiger partial charge in [-0.1, -0.05) is 46.3 Å². The zero-order chi connectivity index (χ0) is 11.8. The molecule has 1 aliphatic carbocycles. The minimum absolute atomic E-state index is 0.000463. The minimum atomic E-state index is 0.000463. The summed E-state index contributed by atoms with van der Waals surface area (Å²) < 4.78 is 1.04. The molecule has 1 aliphatic rings. The van der Waals surface area contributed by atoms with Gasteiger partial charge in [0, 0.05) is 10.0 Å². The highest BCUT2D eigenvalue weighted by molar-refractivity contribution is 9.10. The van der Waals surface area contributed by atoms with E-state index in [0.717, 1.165) is 27.6 Å². The maximum Gasteiger partial charge on any atom is 0.170 e. The van der Waals surface area contributed by atoms with Crippen LogP contribution in [0.15, 0.2) is 53.0 Å². The van der Waals surface area contributed by atoms with Crippen LogP contribution < -0.4 is 0 Å². The molecule has 84 valence electrons. The monoisotopic (exact) mass is 286 g/mol. The molecular weight excluding hydrogens is 276 g/mol. The first-order valence-corrected chi connectivity index (χ1v) is 6.42. The van der Waals surface area contributed by atoms with Gasteiger partial charge in [0.25, 0.3) is 0 Å². The zero-order valence-corrected chi connectivity index (χ0v) is 10.8. The third kappa shape index (κ3) is 1.83. The van der Waals surface area contributed by atoms with Crippen molar-refractivity contribution in [1.29, 1.82) is 0 Å². The Hall–Kier alpha value is -1.41. The van der Waals surface area contributed by atoms with Crippen LogP contribution in [-0.4, -0.2) is 5.78 Å². The molecule has 0 spiro atoms. The van der Waals surface area contributed by atoms with Crippen LogP contribution in [0.5, 0.6) is 0 Å². The maximum absolute atomic E-state index is 12.3. The molecule has 0 aromatic heterocycles. The van der Waals surface area contributed by atoms with Crippen LogP contribution in [0.3, 0.4) is 0 Å². The number of halogens is 1. The molecule has 0 fully saturated rings. The number of rotatable bonds is 1. The van der Waals surface area contributed by atoms with E-state index < -0.39 is 0 Å². The second-order valence-corrected chi connectivity index (χ2v) is 5.25. The summed E-state index contributed by atoms with van der Waals surface area (Å²) in [5.41, 5.74) is 3.14. The van der Waals surface area contributed by atoms with E-state index in [1.54, 1.807) is 0 Å². The molecule has 0 radical (unpaired) electrons. The number of Topliss-reactive ketones (excluding diaryl/α,β-unsaturated/α-hetero) is 1. The van der Waals surface area contributed by atoms with Crippen LogP contribution in [-0.2, 0) is 6.42 Å². The molecule has 1 atom stereocenters. The Labute approximate surface area is 109 Å². The molecule has 17 heavy (non-hydrogen) atoms. The van der Waals surface area contributed by atoms with E-state index in [4.69, 9.17) is 0 Å². The lowest BCUT2D eigenvalue weighted by Crippen LogP contribution is -2.06. The molecular formula is C15H11BrO. The lowest BCUT2D eigenvalue weighted by atomic mass is 9.95. The van der Waals surface area contributed by atoms with Gasteiger partial charge in [-0.25, -0.2) is 0 Å². The summed E-state index contributed by atoms with van der Waals surface area (Å²) in [6.45, 7) is 0. The van der Waals surface area contributed by atoms with Crippen LogP contribution in [0, 0.1) is 0 Å². The van der Waals surface area contributed by atoms with Crippen LogP contribution in [0.4, 0.5) is 0 Å². The molecule has 2 aromatic rings. The first kappa shape index (κ1) is 10.7. The summed E-state index contributed by atoms with van der Waals surface area (Å²) in [5, 5.41) is 0. The third-order valence-corrected chi connectivity index (χ3v) is 3.77. The fourth-order valence-corrected chi connectivity index (χ4v) is 2.83. The Bertz CT molecular complexity index is 575. The van der Waals surface area contributed by atoms with Crippen LogP contribution in [0.1, 0.15) is 27.4 Å². The SMILES string of the molecule is O=C1c2ccc(Br)cc2CC1c1ccccc1. The number of fused-ring (bicyclic) bond motifs is 1. The van der Waals surface area contributed by atoms with E-state index >= 15 is 0 Å². The van der Waals surface area contributed by atoms with E-state index in [1.165, 1.54) is 0 Å². The molecule has 0 N–H and O–H groups in total. The van der Waals surface area contributed by atoms with E-state index in [2.05, 4.69) is 22.0 Å². The second-order valence-electron chi connectivity index (χ2n) is 4.33. The van der Waals surface area contributed by atoms with Gasteiger partial charge in [0.2, 0.25) is 0 Å². The van der Waals surface area contributed by atoms with Gasteiger partial charge >= 0.3 is 0 Å². The first-order valence-electron chi connectivity index (χ1n) is 5.63. The summed E-state index contributed by atoms with van der Waals surface area (Å²) >= 11 is 3.45. The highest BCUT2D eigenvalue weighted by atomic mass is 79.9. The maximum atomic E-state index is 12.3. The predicted octanol–water partition coefficient (Wildman–Crippen LogP) is 3.97. The van der Waals surface area contributed by atoms with E-state index in [9.17, 15) is 4.79 Å². The molecule has 0 heterocycles. The van der Waals surface area contributed by atoms with Gasteiger partial charge in [0.1, 0.15) is 0 Å². The molecule has 0 saturated heterocycles. The average Bonchev–Trinajstić information content (AvgIpc) is 2.67. The van der Waals surface area contributed by atoms with Crippen molar-refractivity contribution in [3.05, 3.63) is 69.7 Å². The molecule has 0 amide bonds. The topological polar surface area (TPSA) is 17.1 Å². The molecule has 1 unspecified atom stereocenters. The first-order chi connectivity index (χ1) is 8.25. The Balaban J connectivity index is 2.02. The van der Waals surface area contributed by atoms with Gasteiger partial charge in [-0.05, 0) is 35.7 Å². The zero-order valence-electron chi connectivity index (χ0n) is 9.19. The normalized spacial score (nSPS) is 18.2. The van der Waals surface area contributed by atoms with Gasteiger partial charge in [0.05, 0.1) is 5.92 Å². The standard InChI is InChI=1S/C15H11BrO/c16-12-6-7-13-11(8-12)9-14(15(13)17)10-4-2-1-3-5-10/h1-8,14H,9H2. The number of ketones is 1. The van der Waals surface area contributed by atoms with Gasteiger partial charge in [-0.2, -0.15) is 0 Å². The van der Waals surface area contributed by atoms with Crippen LogP contribution >= 0.6 is 15.9 Å². The molecule has 2 heteroatoms. The van der Waals surface area contributed by atoms with Gasteiger partial charge in [-0.3, -0.25) is 4.79 Å². The van der Waals surface area contributed by atoms with Crippen molar-refractivity contribution in [2.45, 2.75) is 12.3 Å². The number of carbonyl (C=O) groups excluding carboxylic acids is 1. The van der Waals surface area contributed by atoms with Crippen molar-refractivity contribution >= 4 is 21.7 Å². The summed E-state index contributed by atoms with van der Waals surface area (Å²) in [4.78, 5) is 12.3. The smallest absolute Gasteiger partial charge is 0.170 e. The number of benzene rings is 2. The predicted molar refractivity (Wildman–Crippen MR) is 71.4 cm³/mol. The summed E-state index contributed by atoms with van der Waals surface area (Å²) in [5.74, 6) is 0.249. The van der Waals surface area contributed by atoms with Crippen molar-refractivity contribution < 1.29 is 4.79 Å². The summed E-state index contributed by atoms with van der Waals surface area (Å²) in [6, 6.07) is 15.9. The number of carbonyl (C=O) groups is 1. The molecule has 1 nitrogen and oxygen atoms in total. The molecule has 0 saturated carbocycles. The second kappa shape index (κ2) is 4.11. The lowest BCUT2D eigenvalue weighted by molar-refractivity contribution is 0.0973. The Morgan fingerprint density at radius 1 is 1.06 bits per heavy atom. The third-order valence-electron chi connectivity index (χ3n) is 3.28. The van der Waals surface area contributed by atoms with Gasteiger partial charge < -0.3 is 0 Å². The Morgan fingerprint density at radius 2 is 1.82 bits per heavy atom. The molecule has 2 aromatic carbocycles. The summed E-state index contributed by atoms with van der Waals surface area (Å²) in [6.07, 6.45) is 0.817. The number of hydrogen-bond donors (Lipinski definition) is 0. The van der Waals surface area contributed by atoms with Crippen molar-refractivity contribution in [2.24, 2.45) is 0 Å². The average molecular weight is 287 g/mol. The van der Waals surface area contributed by atoms with Gasteiger partial charge in [0.15, 0.2) is 5.78 Å². The van der Waals surface area contributed by atoms with Crippen molar-refractivity contribution in [2.75, 3.05) is 0 Å². The van der Waals surface area contributed by atoms with Crippen LogP contribution in [0.25, 0.3) is 0 Å². The lowest BCUT2D eigenvalue weighted by Gasteiger charge is -2.07. The van der Waals surface area contributed by atoms with E-state index in [-0.39, 0.29) is 11.7 Å². The van der Waals surface area contributed by atoms with E-state index in [1.807, 2.05) is 42.5 Å². The van der Waals surface area contributed by atoms with Gasteiger partial charge in [-0.15, -0.1) is 0 Å². The van der Waals surface area contributed by atoms with Crippen molar-refractivity contribution in [3.63, 3.8) is 0 Å². The van der Waals surface area contributed by atoms with Crippen LogP contribution in [0.2, 0.25) is 0 Å². The molecule has 3 rings (SSSR count). The Kier molecular flexibility index (Phi) is 2.60. The molecule has 0 bridgehead atoms. The number of hydrogen-bond acceptors (Lipinski definition) is 1. The largest absolute Gasteiger partial charge is 0.293 e. The summed E-state index contributed by atoms with van der Waals surface area (Å²) in [7, 11) is 0. The molecule has 0 aliphatic heterocycles. The quantitative estimate of drug-likeness (QED) is 0.775. The fourth-order valence-electron chi connectivity index (χ4n) is 2.43. The highest BCUT2D eigenvalue weighted by Crippen LogP contribution is 2.35. The minimum Gasteiger partial charge on any atom is -0.293 e. The Morgan fingerprint density at radius 3 is 2.59 bits per heavy atom. The van der Waals surface area contributed by atoms with E-state index in [0.29, 0.717) is 0 Å². The van der Waals surface area contributed by atoms with Crippen molar-refractivity contribution in [1.82, 2.24) is 0 Å².